The van der Waals surface area contributed by atoms with Crippen molar-refractivity contribution >= 4 is 23.4 Å². The number of pyridine rings is 1. The molecule has 0 saturated heterocycles. The summed E-state index contributed by atoms with van der Waals surface area (Å²) < 4.78 is 37.9. The number of alkyl halides is 3. The number of nitrogens with one attached hydrogen (secondary N) is 1. The first-order valence-corrected chi connectivity index (χ1v) is 4.90. The van der Waals surface area contributed by atoms with Crippen LogP contribution in [0.15, 0.2) is 12.1 Å². The van der Waals surface area contributed by atoms with Gasteiger partial charge in [0.2, 0.25) is 0 Å². The van der Waals surface area contributed by atoms with Gasteiger partial charge >= 0.3 is 6.18 Å². The molecule has 2 aromatic rings. The van der Waals surface area contributed by atoms with Crippen molar-refractivity contribution in [1.29, 1.82) is 0 Å². The number of H-pyrrole nitrogens is 1. The summed E-state index contributed by atoms with van der Waals surface area (Å²) in [4.78, 5) is 6.74. The molecule has 0 unspecified atom stereocenters. The van der Waals surface area contributed by atoms with Gasteiger partial charge in [0.25, 0.3) is 0 Å². The maximum absolute atomic E-state index is 12.3. The number of nitrogens with zero attached hydrogens (tertiary/aromatic N) is 2. The Morgan fingerprint density at radius 1 is 1.44 bits per heavy atom. The summed E-state index contributed by atoms with van der Waals surface area (Å²) in [7, 11) is 0. The van der Waals surface area contributed by atoms with Crippen molar-refractivity contribution in [1.82, 2.24) is 14.5 Å². The molecule has 0 radical (unpaired) electrons. The van der Waals surface area contributed by atoms with Gasteiger partial charge in [-0.2, -0.15) is 13.2 Å². The van der Waals surface area contributed by atoms with Gasteiger partial charge in [-0.25, -0.2) is 4.98 Å². The summed E-state index contributed by atoms with van der Waals surface area (Å²) in [6.07, 6.45) is -4.31. The zero-order chi connectivity index (χ0) is 11.9. The summed E-state index contributed by atoms with van der Waals surface area (Å²) in [6, 6.07) is 3.38. The van der Waals surface area contributed by atoms with Crippen molar-refractivity contribution in [2.45, 2.75) is 19.6 Å². The zero-order valence-electron chi connectivity index (χ0n) is 8.30. The highest BCUT2D eigenvalue weighted by Crippen LogP contribution is 2.21. The molecule has 0 aromatic carbocycles. The van der Waals surface area contributed by atoms with Crippen molar-refractivity contribution in [2.75, 3.05) is 0 Å². The molecule has 0 saturated carbocycles. The van der Waals surface area contributed by atoms with Crippen LogP contribution in [-0.4, -0.2) is 20.7 Å². The number of halogens is 3. The zero-order valence-corrected chi connectivity index (χ0v) is 9.11. The number of aryl methyl sites for hydroxylation is 1. The number of imidazole rings is 1. The average Bonchev–Trinajstić information content (AvgIpc) is 2.42. The lowest BCUT2D eigenvalue weighted by Gasteiger charge is -2.07. The molecule has 86 valence electrons. The molecule has 0 aliphatic carbocycles. The molecule has 7 heteroatoms. The van der Waals surface area contributed by atoms with Crippen LogP contribution in [0.1, 0.15) is 5.69 Å². The van der Waals surface area contributed by atoms with E-state index in [9.17, 15) is 13.2 Å². The van der Waals surface area contributed by atoms with E-state index in [1.54, 1.807) is 19.1 Å². The predicted molar refractivity (Wildman–Crippen MR) is 55.7 cm³/mol. The Bertz CT molecular complexity index is 582. The quantitative estimate of drug-likeness (QED) is 0.786. The fraction of sp³-hybridized carbons (Fsp3) is 0.333. The first-order chi connectivity index (χ1) is 7.37. The van der Waals surface area contributed by atoms with Crippen LogP contribution in [0, 0.1) is 11.7 Å². The molecule has 1 N–H and O–H groups in total. The minimum absolute atomic E-state index is 0.0328. The van der Waals surface area contributed by atoms with E-state index in [0.717, 1.165) is 4.57 Å². The van der Waals surface area contributed by atoms with Gasteiger partial charge < -0.3 is 4.98 Å². The third-order valence-corrected chi connectivity index (χ3v) is 2.42. The summed E-state index contributed by atoms with van der Waals surface area (Å²) in [5.74, 6) is 0. The standard InChI is InChI=1S/C9H8F3N3S/c1-5-2-3-6-7(13-5)15(8(16)14-6)4-9(10,11)12/h2-3H,4H2,1H3,(H,14,16). The molecule has 0 fully saturated rings. The molecule has 2 heterocycles. The SMILES string of the molecule is Cc1ccc2[nH]c(=S)n(CC(F)(F)F)c2n1. The summed E-state index contributed by atoms with van der Waals surface area (Å²) in [5, 5.41) is 0. The van der Waals surface area contributed by atoms with Crippen LogP contribution >= 0.6 is 12.2 Å². The Kier molecular flexibility index (Phi) is 2.49. The van der Waals surface area contributed by atoms with E-state index >= 15 is 0 Å². The second-order valence-electron chi connectivity index (χ2n) is 3.46. The molecule has 3 nitrogen and oxygen atoms in total. The summed E-state index contributed by atoms with van der Waals surface area (Å²) >= 11 is 4.83. The largest absolute Gasteiger partial charge is 0.406 e. The third kappa shape index (κ3) is 2.08. The van der Waals surface area contributed by atoms with Gasteiger partial charge in [-0.1, -0.05) is 0 Å². The van der Waals surface area contributed by atoms with Crippen LogP contribution in [0.25, 0.3) is 11.2 Å². The molecule has 0 aliphatic heterocycles. The highest BCUT2D eigenvalue weighted by atomic mass is 32.1. The molecule has 0 spiro atoms. The van der Waals surface area contributed by atoms with Gasteiger partial charge in [0, 0.05) is 5.69 Å². The summed E-state index contributed by atoms with van der Waals surface area (Å²) in [6.45, 7) is 0.593. The van der Waals surface area contributed by atoms with Crippen molar-refractivity contribution in [3.05, 3.63) is 22.6 Å². The first-order valence-electron chi connectivity index (χ1n) is 4.50. The molecule has 2 rings (SSSR count). The van der Waals surface area contributed by atoms with Crippen molar-refractivity contribution in [2.24, 2.45) is 0 Å². The van der Waals surface area contributed by atoms with E-state index in [1.165, 1.54) is 0 Å². The average molecular weight is 247 g/mol. The number of rotatable bonds is 1. The molecule has 2 aromatic heterocycles. The van der Waals surface area contributed by atoms with Crippen LogP contribution in [0.5, 0.6) is 0 Å². The fourth-order valence-corrected chi connectivity index (χ4v) is 1.71. The van der Waals surface area contributed by atoms with E-state index in [2.05, 4.69) is 9.97 Å². The molecular weight excluding hydrogens is 239 g/mol. The lowest BCUT2D eigenvalue weighted by Crippen LogP contribution is -2.18. The maximum atomic E-state index is 12.3. The molecule has 16 heavy (non-hydrogen) atoms. The van der Waals surface area contributed by atoms with Gasteiger partial charge in [0.05, 0.1) is 5.52 Å². The number of hydrogen-bond donors (Lipinski definition) is 1. The highest BCUT2D eigenvalue weighted by molar-refractivity contribution is 7.71. The van der Waals surface area contributed by atoms with Crippen molar-refractivity contribution in [3.8, 4) is 0 Å². The van der Waals surface area contributed by atoms with Gasteiger partial charge in [0.1, 0.15) is 6.54 Å². The number of aromatic amines is 1. The van der Waals surface area contributed by atoms with E-state index in [0.29, 0.717) is 11.2 Å². The van der Waals surface area contributed by atoms with Crippen LogP contribution in [0.4, 0.5) is 13.2 Å². The Morgan fingerprint density at radius 2 is 2.12 bits per heavy atom. The van der Waals surface area contributed by atoms with Gasteiger partial charge in [-0.05, 0) is 31.3 Å². The number of fused-ring (bicyclic) bond motifs is 1. The smallest absolute Gasteiger partial charge is 0.329 e. The number of aromatic nitrogens is 3. The van der Waals surface area contributed by atoms with E-state index in [1.807, 2.05) is 0 Å². The van der Waals surface area contributed by atoms with Crippen molar-refractivity contribution in [3.63, 3.8) is 0 Å². The van der Waals surface area contributed by atoms with Crippen LogP contribution < -0.4 is 0 Å². The Balaban J connectivity index is 2.63. The molecule has 0 amide bonds. The molecule has 0 bridgehead atoms. The van der Waals surface area contributed by atoms with E-state index < -0.39 is 12.7 Å². The Labute approximate surface area is 93.9 Å². The fourth-order valence-electron chi connectivity index (χ4n) is 1.45. The predicted octanol–water partition coefficient (Wildman–Crippen LogP) is 2.96. The van der Waals surface area contributed by atoms with Crippen LogP contribution in [0.3, 0.4) is 0 Å². The molecule has 0 atom stereocenters. The lowest BCUT2D eigenvalue weighted by atomic mass is 10.3. The molecular formula is C9H8F3N3S. The van der Waals surface area contributed by atoms with Gasteiger partial charge in [-0.3, -0.25) is 4.57 Å². The maximum Gasteiger partial charge on any atom is 0.406 e. The Morgan fingerprint density at radius 3 is 2.75 bits per heavy atom. The lowest BCUT2D eigenvalue weighted by molar-refractivity contribution is -0.140. The van der Waals surface area contributed by atoms with Gasteiger partial charge in [0.15, 0.2) is 10.4 Å². The summed E-state index contributed by atoms with van der Waals surface area (Å²) in [5.41, 5.74) is 1.40. The minimum Gasteiger partial charge on any atom is -0.329 e. The minimum atomic E-state index is -4.31. The second-order valence-corrected chi connectivity index (χ2v) is 3.84. The monoisotopic (exact) mass is 247 g/mol. The Hall–Kier alpha value is -1.37. The number of hydrogen-bond acceptors (Lipinski definition) is 2. The van der Waals surface area contributed by atoms with E-state index in [-0.39, 0.29) is 10.4 Å². The molecule has 0 aliphatic rings. The van der Waals surface area contributed by atoms with Crippen molar-refractivity contribution < 1.29 is 13.2 Å². The van der Waals surface area contributed by atoms with Crippen LogP contribution in [0.2, 0.25) is 0 Å². The van der Waals surface area contributed by atoms with E-state index in [4.69, 9.17) is 12.2 Å². The topological polar surface area (TPSA) is 33.6 Å². The van der Waals surface area contributed by atoms with Gasteiger partial charge in [-0.15, -0.1) is 0 Å². The van der Waals surface area contributed by atoms with Crippen LogP contribution in [-0.2, 0) is 6.54 Å². The first kappa shape index (κ1) is 11.1. The normalized spacial score (nSPS) is 12.2. The third-order valence-electron chi connectivity index (χ3n) is 2.09. The second kappa shape index (κ2) is 3.58. The highest BCUT2D eigenvalue weighted by Gasteiger charge is 2.29.